The SMILES string of the molecule is COc1cc(Br)c(CNC2CCCCNC2=O)cc1OC. The van der Waals surface area contributed by atoms with Crippen molar-refractivity contribution >= 4 is 21.8 Å². The molecule has 0 radical (unpaired) electrons. The van der Waals surface area contributed by atoms with E-state index in [2.05, 4.69) is 26.6 Å². The fourth-order valence-corrected chi connectivity index (χ4v) is 2.86. The van der Waals surface area contributed by atoms with Crippen LogP contribution in [-0.2, 0) is 11.3 Å². The monoisotopic (exact) mass is 356 g/mol. The van der Waals surface area contributed by atoms with Crippen LogP contribution in [0, 0.1) is 0 Å². The molecule has 1 amide bonds. The van der Waals surface area contributed by atoms with Gasteiger partial charge in [-0.3, -0.25) is 4.79 Å². The Bertz CT molecular complexity index is 508. The molecular weight excluding hydrogens is 336 g/mol. The van der Waals surface area contributed by atoms with E-state index >= 15 is 0 Å². The smallest absolute Gasteiger partial charge is 0.237 e. The van der Waals surface area contributed by atoms with Crippen molar-refractivity contribution < 1.29 is 14.3 Å². The molecule has 1 saturated heterocycles. The van der Waals surface area contributed by atoms with E-state index in [1.165, 1.54) is 0 Å². The van der Waals surface area contributed by atoms with Gasteiger partial charge in [0.1, 0.15) is 0 Å². The van der Waals surface area contributed by atoms with Crippen molar-refractivity contribution in [2.75, 3.05) is 20.8 Å². The fraction of sp³-hybridized carbons (Fsp3) is 0.533. The van der Waals surface area contributed by atoms with Crippen molar-refractivity contribution in [3.63, 3.8) is 0 Å². The molecule has 1 unspecified atom stereocenters. The van der Waals surface area contributed by atoms with Gasteiger partial charge in [0.05, 0.1) is 20.3 Å². The Morgan fingerprint density at radius 1 is 1.29 bits per heavy atom. The summed E-state index contributed by atoms with van der Waals surface area (Å²) in [5, 5.41) is 6.25. The third-order valence-electron chi connectivity index (χ3n) is 3.63. The predicted octanol–water partition coefficient (Wildman–Crippen LogP) is 2.22. The Hall–Kier alpha value is -1.27. The minimum atomic E-state index is -0.132. The first kappa shape index (κ1) is 16.1. The maximum Gasteiger partial charge on any atom is 0.237 e. The highest BCUT2D eigenvalue weighted by Gasteiger charge is 2.20. The lowest BCUT2D eigenvalue weighted by atomic mass is 10.1. The van der Waals surface area contributed by atoms with E-state index < -0.39 is 0 Å². The third-order valence-corrected chi connectivity index (χ3v) is 4.36. The van der Waals surface area contributed by atoms with Gasteiger partial charge in [-0.05, 0) is 37.0 Å². The number of carbonyl (C=O) groups excluding carboxylic acids is 1. The standard InChI is InChI=1S/C15H21BrN2O3/c1-20-13-7-10(11(16)8-14(13)21-2)9-18-12-5-3-4-6-17-15(12)19/h7-8,12,18H,3-6,9H2,1-2H3,(H,17,19). The minimum absolute atomic E-state index is 0.0871. The molecule has 0 bridgehead atoms. The molecule has 0 saturated carbocycles. The minimum Gasteiger partial charge on any atom is -0.493 e. The van der Waals surface area contributed by atoms with E-state index in [4.69, 9.17) is 9.47 Å². The molecule has 116 valence electrons. The maximum absolute atomic E-state index is 11.9. The number of methoxy groups -OCH3 is 2. The Balaban J connectivity index is 2.06. The van der Waals surface area contributed by atoms with Crippen molar-refractivity contribution in [1.82, 2.24) is 10.6 Å². The molecule has 6 heteroatoms. The second kappa shape index (κ2) is 7.66. The Labute approximate surface area is 133 Å². The summed E-state index contributed by atoms with van der Waals surface area (Å²) in [5.74, 6) is 1.45. The molecule has 0 aromatic heterocycles. The number of benzene rings is 1. The topological polar surface area (TPSA) is 59.6 Å². The summed E-state index contributed by atoms with van der Waals surface area (Å²) >= 11 is 3.53. The van der Waals surface area contributed by atoms with Crippen LogP contribution in [0.1, 0.15) is 24.8 Å². The van der Waals surface area contributed by atoms with Crippen LogP contribution in [0.5, 0.6) is 11.5 Å². The van der Waals surface area contributed by atoms with Gasteiger partial charge in [-0.25, -0.2) is 0 Å². The average molecular weight is 357 g/mol. The van der Waals surface area contributed by atoms with Crippen LogP contribution in [-0.4, -0.2) is 32.7 Å². The second-order valence-corrected chi connectivity index (χ2v) is 5.87. The van der Waals surface area contributed by atoms with E-state index in [9.17, 15) is 4.79 Å². The van der Waals surface area contributed by atoms with Crippen LogP contribution in [0.2, 0.25) is 0 Å². The number of halogens is 1. The third kappa shape index (κ3) is 4.11. The quantitative estimate of drug-likeness (QED) is 0.849. The number of amides is 1. The fourth-order valence-electron chi connectivity index (χ4n) is 2.40. The molecule has 1 atom stereocenters. The molecule has 1 fully saturated rings. The van der Waals surface area contributed by atoms with E-state index in [-0.39, 0.29) is 11.9 Å². The average Bonchev–Trinajstić information content (AvgIpc) is 2.70. The first-order chi connectivity index (χ1) is 10.2. The highest BCUT2D eigenvalue weighted by Crippen LogP contribution is 2.33. The van der Waals surface area contributed by atoms with Gasteiger partial charge >= 0.3 is 0 Å². The molecule has 5 nitrogen and oxygen atoms in total. The van der Waals surface area contributed by atoms with E-state index in [0.29, 0.717) is 18.0 Å². The number of nitrogens with one attached hydrogen (secondary N) is 2. The van der Waals surface area contributed by atoms with Gasteiger partial charge in [0.25, 0.3) is 0 Å². The largest absolute Gasteiger partial charge is 0.493 e. The molecule has 0 aliphatic carbocycles. The van der Waals surface area contributed by atoms with Crippen LogP contribution in [0.3, 0.4) is 0 Å². The summed E-state index contributed by atoms with van der Waals surface area (Å²) in [7, 11) is 3.22. The summed E-state index contributed by atoms with van der Waals surface area (Å²) in [6.07, 6.45) is 2.98. The number of hydrogen-bond donors (Lipinski definition) is 2. The van der Waals surface area contributed by atoms with Crippen LogP contribution >= 0.6 is 15.9 Å². The summed E-state index contributed by atoms with van der Waals surface area (Å²) in [6, 6.07) is 3.67. The Morgan fingerprint density at radius 2 is 2.00 bits per heavy atom. The normalized spacial score (nSPS) is 18.8. The van der Waals surface area contributed by atoms with Gasteiger partial charge in [-0.15, -0.1) is 0 Å². The van der Waals surface area contributed by atoms with Gasteiger partial charge in [-0.1, -0.05) is 15.9 Å². The van der Waals surface area contributed by atoms with Crippen molar-refractivity contribution in [3.05, 3.63) is 22.2 Å². The van der Waals surface area contributed by atoms with Crippen molar-refractivity contribution in [2.24, 2.45) is 0 Å². The summed E-state index contributed by atoms with van der Waals surface area (Å²) in [4.78, 5) is 11.9. The molecule has 1 aromatic carbocycles. The molecular formula is C15H21BrN2O3. The van der Waals surface area contributed by atoms with Gasteiger partial charge in [0.15, 0.2) is 11.5 Å². The van der Waals surface area contributed by atoms with E-state index in [1.54, 1.807) is 14.2 Å². The molecule has 1 aliphatic heterocycles. The number of ether oxygens (including phenoxy) is 2. The highest BCUT2D eigenvalue weighted by molar-refractivity contribution is 9.10. The number of carbonyl (C=O) groups is 1. The van der Waals surface area contributed by atoms with Crippen LogP contribution in [0.25, 0.3) is 0 Å². The molecule has 1 aromatic rings. The molecule has 1 heterocycles. The zero-order valence-corrected chi connectivity index (χ0v) is 14.0. The Kier molecular flexibility index (Phi) is 5.87. The lowest BCUT2D eigenvalue weighted by Crippen LogP contribution is -2.42. The molecule has 21 heavy (non-hydrogen) atoms. The maximum atomic E-state index is 11.9. The number of hydrogen-bond acceptors (Lipinski definition) is 4. The van der Waals surface area contributed by atoms with Gasteiger partial charge < -0.3 is 20.1 Å². The zero-order valence-electron chi connectivity index (χ0n) is 12.4. The second-order valence-electron chi connectivity index (χ2n) is 5.02. The first-order valence-electron chi connectivity index (χ1n) is 7.07. The van der Waals surface area contributed by atoms with Crippen molar-refractivity contribution in [2.45, 2.75) is 31.8 Å². The van der Waals surface area contributed by atoms with Crippen molar-refractivity contribution in [3.8, 4) is 11.5 Å². The zero-order chi connectivity index (χ0) is 15.2. The van der Waals surface area contributed by atoms with E-state index in [1.807, 2.05) is 12.1 Å². The number of rotatable bonds is 5. The lowest BCUT2D eigenvalue weighted by Gasteiger charge is -2.17. The highest BCUT2D eigenvalue weighted by atomic mass is 79.9. The summed E-state index contributed by atoms with van der Waals surface area (Å²) < 4.78 is 11.5. The van der Waals surface area contributed by atoms with Gasteiger partial charge in [0.2, 0.25) is 5.91 Å². The van der Waals surface area contributed by atoms with Gasteiger partial charge in [0, 0.05) is 17.6 Å². The van der Waals surface area contributed by atoms with Gasteiger partial charge in [-0.2, -0.15) is 0 Å². The summed E-state index contributed by atoms with van der Waals surface area (Å²) in [5.41, 5.74) is 1.03. The molecule has 2 rings (SSSR count). The van der Waals surface area contributed by atoms with Crippen LogP contribution < -0.4 is 20.1 Å². The van der Waals surface area contributed by atoms with Crippen LogP contribution in [0.15, 0.2) is 16.6 Å². The Morgan fingerprint density at radius 3 is 2.71 bits per heavy atom. The van der Waals surface area contributed by atoms with Crippen molar-refractivity contribution in [1.29, 1.82) is 0 Å². The molecule has 1 aliphatic rings. The van der Waals surface area contributed by atoms with E-state index in [0.717, 1.165) is 35.8 Å². The predicted molar refractivity (Wildman–Crippen MR) is 84.7 cm³/mol. The summed E-state index contributed by atoms with van der Waals surface area (Å²) in [6.45, 7) is 1.37. The molecule has 2 N–H and O–H groups in total. The molecule has 0 spiro atoms. The lowest BCUT2D eigenvalue weighted by molar-refractivity contribution is -0.122. The van der Waals surface area contributed by atoms with Crippen LogP contribution in [0.4, 0.5) is 0 Å². The first-order valence-corrected chi connectivity index (χ1v) is 7.86.